The first kappa shape index (κ1) is 18.7. The van der Waals surface area contributed by atoms with Gasteiger partial charge in [0.25, 0.3) is 0 Å². The Morgan fingerprint density at radius 3 is 2.37 bits per heavy atom. The molecule has 27 heavy (non-hydrogen) atoms. The van der Waals surface area contributed by atoms with E-state index >= 15 is 0 Å². The molecule has 0 aliphatic rings. The third-order valence-electron chi connectivity index (χ3n) is 4.31. The highest BCUT2D eigenvalue weighted by atomic mass is 16.5. The lowest BCUT2D eigenvalue weighted by Gasteiger charge is -2.22. The SMILES string of the molecule is COc1ccc([C@H](NC(=O)CN(C)Cc2ccco2)c2ccccc2)cc1. The number of hydrogen-bond acceptors (Lipinski definition) is 4. The number of hydrogen-bond donors (Lipinski definition) is 1. The van der Waals surface area contributed by atoms with E-state index in [1.54, 1.807) is 13.4 Å². The second-order valence-corrected chi connectivity index (χ2v) is 6.44. The molecule has 0 aliphatic heterocycles. The second-order valence-electron chi connectivity index (χ2n) is 6.44. The molecule has 3 rings (SSSR count). The Bertz CT molecular complexity index is 830. The van der Waals surface area contributed by atoms with E-state index in [9.17, 15) is 4.79 Å². The Morgan fingerprint density at radius 2 is 1.74 bits per heavy atom. The zero-order chi connectivity index (χ0) is 19.1. The lowest BCUT2D eigenvalue weighted by Crippen LogP contribution is -2.37. The van der Waals surface area contributed by atoms with E-state index in [4.69, 9.17) is 9.15 Å². The Morgan fingerprint density at radius 1 is 1.04 bits per heavy atom. The predicted molar refractivity (Wildman–Crippen MR) is 104 cm³/mol. The molecule has 5 nitrogen and oxygen atoms in total. The summed E-state index contributed by atoms with van der Waals surface area (Å²) in [5.41, 5.74) is 2.04. The maximum absolute atomic E-state index is 12.7. The molecule has 0 fully saturated rings. The largest absolute Gasteiger partial charge is 0.497 e. The summed E-state index contributed by atoms with van der Waals surface area (Å²) in [7, 11) is 3.54. The van der Waals surface area contributed by atoms with Crippen LogP contribution in [0.1, 0.15) is 22.9 Å². The van der Waals surface area contributed by atoms with Crippen molar-refractivity contribution in [1.29, 1.82) is 0 Å². The molecular formula is C22H24N2O3. The number of amides is 1. The second kappa shape index (κ2) is 9.05. The van der Waals surface area contributed by atoms with Crippen LogP contribution >= 0.6 is 0 Å². The van der Waals surface area contributed by atoms with E-state index in [0.29, 0.717) is 6.54 Å². The van der Waals surface area contributed by atoms with Gasteiger partial charge in [-0.05, 0) is 42.4 Å². The summed E-state index contributed by atoms with van der Waals surface area (Å²) in [6.45, 7) is 0.860. The summed E-state index contributed by atoms with van der Waals surface area (Å²) in [5, 5.41) is 3.15. The van der Waals surface area contributed by atoms with Gasteiger partial charge in [-0.2, -0.15) is 0 Å². The first-order valence-corrected chi connectivity index (χ1v) is 8.85. The minimum Gasteiger partial charge on any atom is -0.497 e. The van der Waals surface area contributed by atoms with Crippen molar-refractivity contribution in [3.8, 4) is 5.75 Å². The molecule has 0 aliphatic carbocycles. The van der Waals surface area contributed by atoms with Crippen LogP contribution in [0.3, 0.4) is 0 Å². The molecule has 0 radical (unpaired) electrons. The van der Waals surface area contributed by atoms with Gasteiger partial charge in [0.1, 0.15) is 11.5 Å². The fourth-order valence-corrected chi connectivity index (χ4v) is 2.98. The molecule has 1 amide bonds. The van der Waals surface area contributed by atoms with Crippen molar-refractivity contribution >= 4 is 5.91 Å². The van der Waals surface area contributed by atoms with Crippen LogP contribution in [0.25, 0.3) is 0 Å². The summed E-state index contributed by atoms with van der Waals surface area (Å²) < 4.78 is 10.6. The van der Waals surface area contributed by atoms with Crippen molar-refractivity contribution in [1.82, 2.24) is 10.2 Å². The predicted octanol–water partition coefficient (Wildman–Crippen LogP) is 3.63. The van der Waals surface area contributed by atoms with Gasteiger partial charge in [0.15, 0.2) is 0 Å². The number of nitrogens with zero attached hydrogens (tertiary/aromatic N) is 1. The quantitative estimate of drug-likeness (QED) is 0.663. The fraction of sp³-hybridized carbons (Fsp3) is 0.227. The van der Waals surface area contributed by atoms with Gasteiger partial charge >= 0.3 is 0 Å². The van der Waals surface area contributed by atoms with Crippen LogP contribution in [0.2, 0.25) is 0 Å². The van der Waals surface area contributed by atoms with Crippen LogP contribution in [0.15, 0.2) is 77.4 Å². The zero-order valence-corrected chi connectivity index (χ0v) is 15.6. The zero-order valence-electron chi connectivity index (χ0n) is 15.6. The van der Waals surface area contributed by atoms with Crippen LogP contribution in [-0.4, -0.2) is 31.5 Å². The molecule has 0 unspecified atom stereocenters. The molecule has 2 aromatic carbocycles. The third-order valence-corrected chi connectivity index (χ3v) is 4.31. The van der Waals surface area contributed by atoms with Crippen LogP contribution in [0.5, 0.6) is 5.75 Å². The molecule has 1 aromatic heterocycles. The summed E-state index contributed by atoms with van der Waals surface area (Å²) in [6, 6.07) is 21.2. The molecule has 0 bridgehead atoms. The molecule has 0 saturated carbocycles. The molecule has 0 saturated heterocycles. The van der Waals surface area contributed by atoms with Gasteiger partial charge in [0.05, 0.1) is 32.5 Å². The minimum atomic E-state index is -0.221. The number of methoxy groups -OCH3 is 1. The Kier molecular flexibility index (Phi) is 6.28. The van der Waals surface area contributed by atoms with Crippen molar-refractivity contribution < 1.29 is 13.9 Å². The highest BCUT2D eigenvalue weighted by molar-refractivity contribution is 5.79. The molecular weight excluding hydrogens is 340 g/mol. The average Bonchev–Trinajstić information content (AvgIpc) is 3.19. The summed E-state index contributed by atoms with van der Waals surface area (Å²) in [4.78, 5) is 14.6. The number of benzene rings is 2. The van der Waals surface area contributed by atoms with E-state index in [1.807, 2.05) is 78.7 Å². The summed E-state index contributed by atoms with van der Waals surface area (Å²) >= 11 is 0. The topological polar surface area (TPSA) is 54.7 Å². The van der Waals surface area contributed by atoms with E-state index in [1.165, 1.54) is 0 Å². The van der Waals surface area contributed by atoms with Gasteiger partial charge in [-0.15, -0.1) is 0 Å². The number of rotatable bonds is 8. The smallest absolute Gasteiger partial charge is 0.234 e. The van der Waals surface area contributed by atoms with Crippen LogP contribution in [0, 0.1) is 0 Å². The van der Waals surface area contributed by atoms with Crippen molar-refractivity contribution in [2.45, 2.75) is 12.6 Å². The number of furan rings is 1. The van der Waals surface area contributed by atoms with Gasteiger partial charge in [-0.1, -0.05) is 42.5 Å². The first-order chi connectivity index (χ1) is 13.2. The number of likely N-dealkylation sites (N-methyl/N-ethyl adjacent to an activating group) is 1. The van der Waals surface area contributed by atoms with Crippen LogP contribution in [0.4, 0.5) is 0 Å². The van der Waals surface area contributed by atoms with Crippen LogP contribution < -0.4 is 10.1 Å². The number of ether oxygens (including phenoxy) is 1. The molecule has 140 valence electrons. The van der Waals surface area contributed by atoms with Crippen LogP contribution in [-0.2, 0) is 11.3 Å². The molecule has 3 aromatic rings. The van der Waals surface area contributed by atoms with Crippen molar-refractivity contribution in [3.63, 3.8) is 0 Å². The Balaban J connectivity index is 1.71. The lowest BCUT2D eigenvalue weighted by atomic mass is 9.98. The number of carbonyl (C=O) groups excluding carboxylic acids is 1. The summed E-state index contributed by atoms with van der Waals surface area (Å²) in [5.74, 6) is 1.57. The Labute approximate surface area is 159 Å². The normalized spacial score (nSPS) is 12.0. The van der Waals surface area contributed by atoms with E-state index in [2.05, 4.69) is 5.32 Å². The number of nitrogens with one attached hydrogen (secondary N) is 1. The first-order valence-electron chi connectivity index (χ1n) is 8.85. The molecule has 5 heteroatoms. The summed E-state index contributed by atoms with van der Waals surface area (Å²) in [6.07, 6.45) is 1.64. The number of carbonyl (C=O) groups is 1. The fourth-order valence-electron chi connectivity index (χ4n) is 2.98. The van der Waals surface area contributed by atoms with E-state index < -0.39 is 0 Å². The van der Waals surface area contributed by atoms with Gasteiger partial charge in [0, 0.05) is 0 Å². The van der Waals surface area contributed by atoms with Gasteiger partial charge in [-0.25, -0.2) is 0 Å². The van der Waals surface area contributed by atoms with E-state index in [0.717, 1.165) is 22.6 Å². The van der Waals surface area contributed by atoms with Gasteiger partial charge in [0.2, 0.25) is 5.91 Å². The standard InChI is InChI=1S/C22H24N2O3/c1-24(15-20-9-6-14-27-20)16-21(25)23-22(17-7-4-3-5-8-17)18-10-12-19(26-2)13-11-18/h3-14,22H,15-16H2,1-2H3,(H,23,25)/t22-/m1/s1. The van der Waals surface area contributed by atoms with Crippen molar-refractivity contribution in [2.75, 3.05) is 20.7 Å². The lowest BCUT2D eigenvalue weighted by molar-refractivity contribution is -0.122. The van der Waals surface area contributed by atoms with Gasteiger partial charge < -0.3 is 14.5 Å². The molecule has 1 N–H and O–H groups in total. The van der Waals surface area contributed by atoms with Crippen molar-refractivity contribution in [3.05, 3.63) is 89.9 Å². The van der Waals surface area contributed by atoms with Crippen molar-refractivity contribution in [2.24, 2.45) is 0 Å². The maximum Gasteiger partial charge on any atom is 0.234 e. The molecule has 1 atom stereocenters. The molecule has 0 spiro atoms. The third kappa shape index (κ3) is 5.21. The highest BCUT2D eigenvalue weighted by Gasteiger charge is 2.18. The highest BCUT2D eigenvalue weighted by Crippen LogP contribution is 2.24. The monoisotopic (exact) mass is 364 g/mol. The average molecular weight is 364 g/mol. The minimum absolute atomic E-state index is 0.0475. The van der Waals surface area contributed by atoms with Gasteiger partial charge in [-0.3, -0.25) is 9.69 Å². The Hall–Kier alpha value is -3.05. The maximum atomic E-state index is 12.7. The molecule has 1 heterocycles. The van der Waals surface area contributed by atoms with E-state index in [-0.39, 0.29) is 18.5 Å².